The van der Waals surface area contributed by atoms with Gasteiger partial charge in [0.1, 0.15) is 5.75 Å². The molecule has 6 fully saturated rings. The highest BCUT2D eigenvalue weighted by atomic mass is 17.3. The topological polar surface area (TPSA) is 92.0 Å². The summed E-state index contributed by atoms with van der Waals surface area (Å²) in [6.45, 7) is 1.17. The molecule has 5 saturated carbocycles. The monoisotopic (exact) mass is 470 g/mol. The molecule has 4 bridgehead atoms. The van der Waals surface area contributed by atoms with Crippen molar-refractivity contribution in [1.82, 2.24) is 5.32 Å². The first kappa shape index (κ1) is 22.8. The highest BCUT2D eigenvalue weighted by molar-refractivity contribution is 5.77. The van der Waals surface area contributed by atoms with E-state index in [2.05, 4.69) is 17.4 Å². The Morgan fingerprint density at radius 2 is 1.68 bits per heavy atom. The van der Waals surface area contributed by atoms with Gasteiger partial charge in [0.25, 0.3) is 0 Å². The van der Waals surface area contributed by atoms with Gasteiger partial charge in [-0.25, -0.2) is 0 Å². The third-order valence-corrected chi connectivity index (χ3v) is 9.14. The molecule has 1 heterocycles. The van der Waals surface area contributed by atoms with E-state index in [1.165, 1.54) is 37.7 Å². The van der Waals surface area contributed by atoms with Gasteiger partial charge in [0, 0.05) is 31.2 Å². The average Bonchev–Trinajstić information content (AvgIpc) is 3.22. The fourth-order valence-corrected chi connectivity index (χ4v) is 7.58. The van der Waals surface area contributed by atoms with Crippen LogP contribution in [0.2, 0.25) is 0 Å². The molecule has 0 aromatic heterocycles. The lowest BCUT2D eigenvalue weighted by Gasteiger charge is -2.57. The van der Waals surface area contributed by atoms with E-state index in [1.807, 2.05) is 12.1 Å². The molecule has 0 unspecified atom stereocenters. The number of hydrogen-bond acceptors (Lipinski definition) is 6. The smallest absolute Gasteiger partial charge is 0.233 e. The lowest BCUT2D eigenvalue weighted by Crippen LogP contribution is -2.59. The van der Waals surface area contributed by atoms with Crippen molar-refractivity contribution < 1.29 is 24.0 Å². The molecule has 0 radical (unpaired) electrons. The van der Waals surface area contributed by atoms with Crippen molar-refractivity contribution >= 4 is 5.91 Å². The Balaban J connectivity index is 0.996. The van der Waals surface area contributed by atoms with Crippen LogP contribution in [0.3, 0.4) is 0 Å². The predicted octanol–water partition coefficient (Wildman–Crippen LogP) is 4.02. The summed E-state index contributed by atoms with van der Waals surface area (Å²) in [5, 5.41) is 2.75. The number of hydrogen-bond donors (Lipinski definition) is 2. The van der Waals surface area contributed by atoms with Crippen LogP contribution in [-0.4, -0.2) is 37.2 Å². The molecule has 1 aromatic rings. The minimum absolute atomic E-state index is 0.0264. The Bertz CT molecular complexity index is 852. The molecule has 5 aliphatic carbocycles. The van der Waals surface area contributed by atoms with E-state index in [9.17, 15) is 4.79 Å². The van der Waals surface area contributed by atoms with Crippen LogP contribution >= 0.6 is 0 Å². The number of carbonyl (C=O) groups excluding carboxylic acids is 1. The number of rotatable bonds is 7. The minimum atomic E-state index is -0.547. The van der Waals surface area contributed by atoms with Crippen LogP contribution in [0.15, 0.2) is 24.3 Å². The molecular formula is C27H38N2O5. The van der Waals surface area contributed by atoms with Crippen LogP contribution in [0.1, 0.15) is 75.7 Å². The maximum absolute atomic E-state index is 11.2. The Morgan fingerprint density at radius 1 is 1.00 bits per heavy atom. The maximum atomic E-state index is 11.2. The summed E-state index contributed by atoms with van der Waals surface area (Å²) in [4.78, 5) is 23.4. The largest absolute Gasteiger partial charge is 0.494 e. The third-order valence-electron chi connectivity index (χ3n) is 9.14. The van der Waals surface area contributed by atoms with Gasteiger partial charge < -0.3 is 20.5 Å². The van der Waals surface area contributed by atoms with Crippen molar-refractivity contribution in [2.45, 2.75) is 81.7 Å². The van der Waals surface area contributed by atoms with E-state index in [1.54, 1.807) is 0 Å². The summed E-state index contributed by atoms with van der Waals surface area (Å²) in [5.74, 6) is 3.03. The maximum Gasteiger partial charge on any atom is 0.233 e. The van der Waals surface area contributed by atoms with E-state index in [0.717, 1.165) is 49.7 Å². The Labute approximate surface area is 202 Å². The molecule has 1 aliphatic heterocycles. The first-order valence-corrected chi connectivity index (χ1v) is 13.3. The fraction of sp³-hybridized carbons (Fsp3) is 0.741. The van der Waals surface area contributed by atoms with Crippen molar-refractivity contribution in [3.63, 3.8) is 0 Å². The van der Waals surface area contributed by atoms with Gasteiger partial charge in [-0.05, 0) is 86.8 Å². The predicted molar refractivity (Wildman–Crippen MR) is 126 cm³/mol. The summed E-state index contributed by atoms with van der Waals surface area (Å²) >= 11 is 0. The SMILES string of the molecule is NCC(=O)NCCCOc1ccc([C@H]2CC[C@]3(CC2)OO[C@]2(O3)C3CC4CC(C3)CC2C4)cc1. The highest BCUT2D eigenvalue weighted by Gasteiger charge is 2.66. The molecular weight excluding hydrogens is 432 g/mol. The average molecular weight is 471 g/mol. The highest BCUT2D eigenvalue weighted by Crippen LogP contribution is 2.64. The molecule has 3 N–H and O–H groups in total. The molecule has 0 atom stereocenters. The quantitative estimate of drug-likeness (QED) is 0.462. The van der Waals surface area contributed by atoms with E-state index in [0.29, 0.717) is 30.9 Å². The lowest BCUT2D eigenvalue weighted by atomic mass is 9.53. The van der Waals surface area contributed by atoms with Gasteiger partial charge in [-0.15, -0.1) is 0 Å². The van der Waals surface area contributed by atoms with Crippen molar-refractivity contribution in [2.75, 3.05) is 19.7 Å². The zero-order chi connectivity index (χ0) is 23.2. The Morgan fingerprint density at radius 3 is 2.32 bits per heavy atom. The summed E-state index contributed by atoms with van der Waals surface area (Å²) in [6.07, 6.45) is 11.1. The molecule has 34 heavy (non-hydrogen) atoms. The van der Waals surface area contributed by atoms with Gasteiger partial charge >= 0.3 is 0 Å². The van der Waals surface area contributed by atoms with Gasteiger partial charge in [0.15, 0.2) is 0 Å². The molecule has 7 nitrogen and oxygen atoms in total. The van der Waals surface area contributed by atoms with Crippen molar-refractivity contribution in [1.29, 1.82) is 0 Å². The standard InChI is InChI=1S/C27H38N2O5/c28-17-25(30)29-10-1-11-31-24-4-2-20(3-5-24)21-6-8-26(9-7-21)32-27(34-33-26)22-13-18-12-19(15-22)16-23(27)14-18/h2-5,18-19,21-23H,1,6-17,28H2,(H,29,30)/t18?,19?,21-,22?,23?,26+,27-. The zero-order valence-electron chi connectivity index (χ0n) is 20.0. The molecule has 2 spiro atoms. The Kier molecular flexibility index (Phi) is 6.08. The molecule has 1 saturated heterocycles. The molecule has 186 valence electrons. The van der Waals surface area contributed by atoms with E-state index >= 15 is 0 Å². The van der Waals surface area contributed by atoms with Crippen molar-refractivity contribution in [3.8, 4) is 5.75 Å². The van der Waals surface area contributed by atoms with Gasteiger partial charge in [0.2, 0.25) is 17.5 Å². The normalized spacial score (nSPS) is 40.2. The number of benzene rings is 1. The van der Waals surface area contributed by atoms with Crippen LogP contribution in [0.4, 0.5) is 0 Å². The van der Waals surface area contributed by atoms with Gasteiger partial charge in [-0.2, -0.15) is 9.78 Å². The number of ether oxygens (including phenoxy) is 2. The van der Waals surface area contributed by atoms with Gasteiger partial charge in [-0.3, -0.25) is 4.79 Å². The zero-order valence-corrected chi connectivity index (χ0v) is 20.0. The fourth-order valence-electron chi connectivity index (χ4n) is 7.58. The van der Waals surface area contributed by atoms with Gasteiger partial charge in [-0.1, -0.05) is 12.1 Å². The van der Waals surface area contributed by atoms with Crippen LogP contribution in [0.5, 0.6) is 5.75 Å². The molecule has 6 aliphatic rings. The van der Waals surface area contributed by atoms with Crippen LogP contribution in [0.25, 0.3) is 0 Å². The summed E-state index contributed by atoms with van der Waals surface area (Å²) < 4.78 is 12.7. The molecule has 7 heteroatoms. The third kappa shape index (κ3) is 4.15. The van der Waals surface area contributed by atoms with E-state index in [4.69, 9.17) is 25.0 Å². The van der Waals surface area contributed by atoms with Crippen molar-refractivity contribution in [2.24, 2.45) is 29.4 Å². The van der Waals surface area contributed by atoms with E-state index in [-0.39, 0.29) is 12.5 Å². The second-order valence-electron chi connectivity index (χ2n) is 11.3. The van der Waals surface area contributed by atoms with Crippen LogP contribution in [0, 0.1) is 23.7 Å². The number of nitrogens with one attached hydrogen (secondary N) is 1. The molecule has 7 rings (SSSR count). The van der Waals surface area contributed by atoms with Crippen LogP contribution < -0.4 is 15.8 Å². The van der Waals surface area contributed by atoms with E-state index < -0.39 is 11.6 Å². The summed E-state index contributed by atoms with van der Waals surface area (Å²) in [6, 6.07) is 8.46. The lowest BCUT2D eigenvalue weighted by molar-refractivity contribution is -0.390. The number of amides is 1. The van der Waals surface area contributed by atoms with Crippen molar-refractivity contribution in [3.05, 3.63) is 29.8 Å². The van der Waals surface area contributed by atoms with Gasteiger partial charge in [0.05, 0.1) is 13.2 Å². The number of carbonyl (C=O) groups is 1. The molecule has 1 amide bonds. The first-order valence-electron chi connectivity index (χ1n) is 13.3. The van der Waals surface area contributed by atoms with Crippen LogP contribution in [-0.2, 0) is 19.3 Å². The summed E-state index contributed by atoms with van der Waals surface area (Å²) in [7, 11) is 0. The molecule has 1 aromatic carbocycles. The second kappa shape index (κ2) is 9.08. The minimum Gasteiger partial charge on any atom is -0.494 e. The second-order valence-corrected chi connectivity index (χ2v) is 11.3. The number of nitrogens with two attached hydrogens (primary N) is 1. The summed E-state index contributed by atoms with van der Waals surface area (Å²) in [5.41, 5.74) is 6.63. The Hall–Kier alpha value is -1.67. The first-order chi connectivity index (χ1) is 16.6.